The average Bonchev–Trinajstić information content (AvgIpc) is 2.93. The molecule has 0 bridgehead atoms. The molecule has 0 saturated carbocycles. The quantitative estimate of drug-likeness (QED) is 0.527. The Morgan fingerprint density at radius 2 is 1.89 bits per heavy atom. The number of aromatic nitrogens is 4. The van der Waals surface area contributed by atoms with Gasteiger partial charge in [-0.05, 0) is 24.3 Å². The molecule has 0 radical (unpaired) electrons. The van der Waals surface area contributed by atoms with Crippen molar-refractivity contribution in [3.8, 4) is 28.9 Å². The van der Waals surface area contributed by atoms with E-state index in [9.17, 15) is 5.11 Å². The Balaban J connectivity index is 1.99. The first-order valence-corrected chi connectivity index (χ1v) is 5.44. The van der Waals surface area contributed by atoms with E-state index < -0.39 is 0 Å². The molecule has 0 fully saturated rings. The third-order valence-corrected chi connectivity index (χ3v) is 2.47. The summed E-state index contributed by atoms with van der Waals surface area (Å²) in [6.45, 7) is 0. The summed E-state index contributed by atoms with van der Waals surface area (Å²) in [4.78, 5) is 12.2. The fraction of sp³-hybridized carbons (Fsp3) is 0. The maximum absolute atomic E-state index is 9.55. The molecule has 0 aliphatic heterocycles. The minimum atomic E-state index is -0.0341. The summed E-state index contributed by atoms with van der Waals surface area (Å²) in [7, 11) is 0. The van der Waals surface area contributed by atoms with E-state index in [2.05, 4.69) is 20.1 Å². The fourth-order valence-electron chi connectivity index (χ4n) is 1.52. The van der Waals surface area contributed by atoms with Gasteiger partial charge in [0, 0.05) is 18.0 Å². The number of hydrogen-bond acceptors (Lipinski definition) is 7. The lowest BCUT2D eigenvalue weighted by Crippen LogP contribution is -1.89. The van der Waals surface area contributed by atoms with E-state index in [1.807, 2.05) is 0 Å². The van der Waals surface area contributed by atoms with Gasteiger partial charge in [0.25, 0.3) is 5.89 Å². The highest BCUT2D eigenvalue weighted by atomic mass is 16.5. The predicted molar refractivity (Wildman–Crippen MR) is 66.8 cm³/mol. The van der Waals surface area contributed by atoms with Crippen LogP contribution in [0.15, 0.2) is 41.2 Å². The van der Waals surface area contributed by atoms with Crippen molar-refractivity contribution in [3.63, 3.8) is 0 Å². The lowest BCUT2D eigenvalue weighted by molar-refractivity contribution is 0.431. The SMILES string of the molecule is Nc1ccc(-c2nc(-c3ncccn3)no2)cc1O. The van der Waals surface area contributed by atoms with Gasteiger partial charge in [-0.15, -0.1) is 0 Å². The van der Waals surface area contributed by atoms with Crippen molar-refractivity contribution < 1.29 is 9.63 Å². The number of rotatable bonds is 2. The molecule has 3 rings (SSSR count). The van der Waals surface area contributed by atoms with Gasteiger partial charge < -0.3 is 15.4 Å². The normalized spacial score (nSPS) is 10.5. The minimum Gasteiger partial charge on any atom is -0.506 e. The van der Waals surface area contributed by atoms with Crippen molar-refractivity contribution >= 4 is 5.69 Å². The Morgan fingerprint density at radius 3 is 2.63 bits per heavy atom. The second kappa shape index (κ2) is 4.37. The molecule has 0 saturated heterocycles. The van der Waals surface area contributed by atoms with E-state index in [0.717, 1.165) is 0 Å². The molecule has 1 aromatic carbocycles. The number of anilines is 1. The minimum absolute atomic E-state index is 0.0341. The Hall–Kier alpha value is -2.96. The van der Waals surface area contributed by atoms with Crippen LogP contribution in [0.1, 0.15) is 0 Å². The predicted octanol–water partition coefficient (Wildman–Crippen LogP) is 1.48. The number of nitrogens with two attached hydrogens (primary N) is 1. The highest BCUT2D eigenvalue weighted by molar-refractivity contribution is 5.64. The van der Waals surface area contributed by atoms with Gasteiger partial charge >= 0.3 is 0 Å². The van der Waals surface area contributed by atoms with Gasteiger partial charge in [-0.1, -0.05) is 5.16 Å². The zero-order chi connectivity index (χ0) is 13.2. The van der Waals surface area contributed by atoms with Crippen molar-refractivity contribution in [1.29, 1.82) is 0 Å². The third kappa shape index (κ3) is 2.08. The molecular formula is C12H9N5O2. The molecule has 0 atom stereocenters. The number of phenols is 1. The number of aromatic hydroxyl groups is 1. The van der Waals surface area contributed by atoms with E-state index >= 15 is 0 Å². The number of nitrogens with zero attached hydrogens (tertiary/aromatic N) is 4. The van der Waals surface area contributed by atoms with Gasteiger partial charge in [-0.3, -0.25) is 0 Å². The molecule has 7 heteroatoms. The summed E-state index contributed by atoms with van der Waals surface area (Å²) in [5.74, 6) is 0.884. The first kappa shape index (κ1) is 11.1. The van der Waals surface area contributed by atoms with Crippen LogP contribution in [0.25, 0.3) is 23.1 Å². The molecule has 0 spiro atoms. The van der Waals surface area contributed by atoms with Crippen LogP contribution in [0.2, 0.25) is 0 Å². The first-order chi connectivity index (χ1) is 9.24. The van der Waals surface area contributed by atoms with E-state index in [4.69, 9.17) is 10.3 Å². The molecule has 19 heavy (non-hydrogen) atoms. The zero-order valence-corrected chi connectivity index (χ0v) is 9.69. The fourth-order valence-corrected chi connectivity index (χ4v) is 1.52. The maximum atomic E-state index is 9.55. The van der Waals surface area contributed by atoms with Crippen LogP contribution in [-0.2, 0) is 0 Å². The Bertz CT molecular complexity index is 711. The summed E-state index contributed by atoms with van der Waals surface area (Å²) >= 11 is 0. The maximum Gasteiger partial charge on any atom is 0.258 e. The van der Waals surface area contributed by atoms with Gasteiger partial charge in [-0.2, -0.15) is 4.98 Å². The standard InChI is InChI=1S/C12H9N5O2/c13-8-3-2-7(6-9(8)18)12-16-11(17-19-12)10-14-4-1-5-15-10/h1-6,18H,13H2. The van der Waals surface area contributed by atoms with Crippen molar-refractivity contribution in [3.05, 3.63) is 36.7 Å². The number of hydrogen-bond donors (Lipinski definition) is 2. The first-order valence-electron chi connectivity index (χ1n) is 5.44. The lowest BCUT2D eigenvalue weighted by atomic mass is 10.2. The largest absolute Gasteiger partial charge is 0.506 e. The monoisotopic (exact) mass is 255 g/mol. The van der Waals surface area contributed by atoms with Crippen LogP contribution < -0.4 is 5.73 Å². The molecule has 3 aromatic rings. The van der Waals surface area contributed by atoms with Crippen LogP contribution in [0, 0.1) is 0 Å². The molecule has 0 unspecified atom stereocenters. The van der Waals surface area contributed by atoms with Crippen molar-refractivity contribution in [2.45, 2.75) is 0 Å². The Kier molecular flexibility index (Phi) is 2.57. The molecule has 0 aliphatic rings. The average molecular weight is 255 g/mol. The van der Waals surface area contributed by atoms with Crippen LogP contribution in [-0.4, -0.2) is 25.2 Å². The lowest BCUT2D eigenvalue weighted by Gasteiger charge is -1.99. The second-order valence-corrected chi connectivity index (χ2v) is 3.77. The van der Waals surface area contributed by atoms with Crippen molar-refractivity contribution in [2.75, 3.05) is 5.73 Å². The molecule has 94 valence electrons. The highest BCUT2D eigenvalue weighted by Gasteiger charge is 2.13. The highest BCUT2D eigenvalue weighted by Crippen LogP contribution is 2.27. The van der Waals surface area contributed by atoms with Gasteiger partial charge in [0.15, 0.2) is 0 Å². The van der Waals surface area contributed by atoms with E-state index in [1.165, 1.54) is 6.07 Å². The smallest absolute Gasteiger partial charge is 0.258 e. The zero-order valence-electron chi connectivity index (χ0n) is 9.69. The van der Waals surface area contributed by atoms with E-state index in [1.54, 1.807) is 30.6 Å². The molecule has 0 aliphatic carbocycles. The second-order valence-electron chi connectivity index (χ2n) is 3.77. The molecular weight excluding hydrogens is 246 g/mol. The number of benzene rings is 1. The van der Waals surface area contributed by atoms with E-state index in [-0.39, 0.29) is 23.2 Å². The Morgan fingerprint density at radius 1 is 1.11 bits per heavy atom. The number of nitrogen functional groups attached to an aromatic ring is 1. The van der Waals surface area contributed by atoms with Gasteiger partial charge in [0.2, 0.25) is 11.6 Å². The summed E-state index contributed by atoms with van der Waals surface area (Å²) in [5, 5.41) is 13.3. The molecule has 3 N–H and O–H groups in total. The third-order valence-electron chi connectivity index (χ3n) is 2.47. The molecule has 2 heterocycles. The van der Waals surface area contributed by atoms with Gasteiger partial charge in [-0.25, -0.2) is 9.97 Å². The van der Waals surface area contributed by atoms with Crippen molar-refractivity contribution in [1.82, 2.24) is 20.1 Å². The topological polar surface area (TPSA) is 111 Å². The van der Waals surface area contributed by atoms with E-state index in [0.29, 0.717) is 11.4 Å². The van der Waals surface area contributed by atoms with Gasteiger partial charge in [0.1, 0.15) is 5.75 Å². The summed E-state index contributed by atoms with van der Waals surface area (Å²) in [6, 6.07) is 6.40. The molecule has 2 aromatic heterocycles. The van der Waals surface area contributed by atoms with Gasteiger partial charge in [0.05, 0.1) is 5.69 Å². The van der Waals surface area contributed by atoms with Crippen LogP contribution in [0.4, 0.5) is 5.69 Å². The summed E-state index contributed by atoms with van der Waals surface area (Å²) in [6.07, 6.45) is 3.18. The summed E-state index contributed by atoms with van der Waals surface area (Å²) in [5.41, 5.74) is 6.38. The molecule has 0 amide bonds. The molecule has 7 nitrogen and oxygen atoms in total. The number of phenolic OH excluding ortho intramolecular Hbond substituents is 1. The van der Waals surface area contributed by atoms with Crippen molar-refractivity contribution in [2.24, 2.45) is 0 Å². The summed E-state index contributed by atoms with van der Waals surface area (Å²) < 4.78 is 5.11. The Labute approximate surface area is 107 Å². The van der Waals surface area contributed by atoms with Crippen LogP contribution >= 0.6 is 0 Å². The van der Waals surface area contributed by atoms with Crippen LogP contribution in [0.5, 0.6) is 5.75 Å². The van der Waals surface area contributed by atoms with Crippen LogP contribution in [0.3, 0.4) is 0 Å².